The van der Waals surface area contributed by atoms with Crippen LogP contribution in [0.2, 0.25) is 0 Å². The largest absolute Gasteiger partial charge is 0.365 e. The zero-order valence-corrected chi connectivity index (χ0v) is 13.8. The summed E-state index contributed by atoms with van der Waals surface area (Å²) in [6.45, 7) is 0. The Kier molecular flexibility index (Phi) is 2.87. The maximum Gasteiger partial charge on any atom is 0.156 e. The first-order chi connectivity index (χ1) is 11.7. The molecule has 3 aromatic heterocycles. The Bertz CT molecular complexity index is 1060. The number of aryl methyl sites for hydroxylation is 1. The van der Waals surface area contributed by atoms with Crippen LogP contribution in [0.3, 0.4) is 0 Å². The SMILES string of the molecule is Cn1cnc2c(NC3CC3)nc3sc(-c4ccc(F)cc4)nc3c21. The lowest BCUT2D eigenvalue weighted by molar-refractivity contribution is 0.628. The number of nitrogens with one attached hydrogen (secondary N) is 1. The van der Waals surface area contributed by atoms with Gasteiger partial charge < -0.3 is 9.88 Å². The van der Waals surface area contributed by atoms with Crippen LogP contribution in [-0.4, -0.2) is 25.6 Å². The van der Waals surface area contributed by atoms with E-state index in [0.29, 0.717) is 6.04 Å². The number of fused-ring (bicyclic) bond motifs is 3. The molecule has 0 saturated heterocycles. The van der Waals surface area contributed by atoms with E-state index < -0.39 is 0 Å². The molecule has 4 aromatic rings. The van der Waals surface area contributed by atoms with Crippen molar-refractivity contribution < 1.29 is 4.39 Å². The van der Waals surface area contributed by atoms with Crippen molar-refractivity contribution in [1.82, 2.24) is 19.5 Å². The van der Waals surface area contributed by atoms with Gasteiger partial charge in [0.25, 0.3) is 0 Å². The number of hydrogen-bond acceptors (Lipinski definition) is 5. The van der Waals surface area contributed by atoms with Crippen molar-refractivity contribution in [3.63, 3.8) is 0 Å². The van der Waals surface area contributed by atoms with Gasteiger partial charge in [-0.2, -0.15) is 0 Å². The number of rotatable bonds is 3. The Hall–Kier alpha value is -2.54. The topological polar surface area (TPSA) is 55.6 Å². The zero-order chi connectivity index (χ0) is 16.3. The standard InChI is InChI=1S/C17H14FN5S/c1-23-8-19-12-14(23)13-17(22-15(12)20-11-6-7-11)24-16(21-13)9-2-4-10(18)5-3-9/h2-5,8,11H,6-7H2,1H3,(H,20,22). The number of benzene rings is 1. The molecule has 0 amide bonds. The second-order valence-corrected chi connectivity index (χ2v) is 7.09. The number of halogens is 1. The highest BCUT2D eigenvalue weighted by Gasteiger charge is 2.24. The molecule has 1 aliphatic carbocycles. The van der Waals surface area contributed by atoms with Crippen LogP contribution in [0, 0.1) is 5.82 Å². The quantitative estimate of drug-likeness (QED) is 0.614. The van der Waals surface area contributed by atoms with Gasteiger partial charge in [0.05, 0.1) is 6.33 Å². The molecule has 0 radical (unpaired) electrons. The Balaban J connectivity index is 1.74. The molecule has 3 heterocycles. The van der Waals surface area contributed by atoms with Crippen molar-refractivity contribution in [2.45, 2.75) is 18.9 Å². The Labute approximate surface area is 141 Å². The second kappa shape index (κ2) is 4.98. The van der Waals surface area contributed by atoms with Crippen LogP contribution < -0.4 is 5.32 Å². The summed E-state index contributed by atoms with van der Waals surface area (Å²) in [5, 5.41) is 4.30. The van der Waals surface area contributed by atoms with E-state index in [1.165, 1.54) is 36.3 Å². The smallest absolute Gasteiger partial charge is 0.156 e. The molecule has 0 atom stereocenters. The van der Waals surface area contributed by atoms with Crippen LogP contribution in [0.5, 0.6) is 0 Å². The predicted octanol–water partition coefficient (Wildman–Crippen LogP) is 3.96. The fourth-order valence-electron chi connectivity index (χ4n) is 2.82. The van der Waals surface area contributed by atoms with E-state index in [1.807, 2.05) is 11.6 Å². The lowest BCUT2D eigenvalue weighted by Gasteiger charge is -2.05. The van der Waals surface area contributed by atoms with Crippen molar-refractivity contribution in [3.05, 3.63) is 36.4 Å². The van der Waals surface area contributed by atoms with E-state index in [0.717, 1.165) is 37.8 Å². The molecule has 0 aliphatic heterocycles. The van der Waals surface area contributed by atoms with Crippen LogP contribution in [0.4, 0.5) is 10.2 Å². The molecule has 1 aliphatic rings. The summed E-state index contributed by atoms with van der Waals surface area (Å²) in [7, 11) is 1.96. The highest BCUT2D eigenvalue weighted by Crippen LogP contribution is 2.36. The predicted molar refractivity (Wildman–Crippen MR) is 93.7 cm³/mol. The molecule has 1 aromatic carbocycles. The van der Waals surface area contributed by atoms with Gasteiger partial charge in [-0.15, -0.1) is 0 Å². The summed E-state index contributed by atoms with van der Waals surface area (Å²) in [6.07, 6.45) is 4.15. The Morgan fingerprint density at radius 2 is 1.96 bits per heavy atom. The average molecular weight is 339 g/mol. The van der Waals surface area contributed by atoms with Gasteiger partial charge in [0.1, 0.15) is 32.2 Å². The first-order valence-corrected chi connectivity index (χ1v) is 8.65. The number of hydrogen-bond donors (Lipinski definition) is 1. The first kappa shape index (κ1) is 13.9. The van der Waals surface area contributed by atoms with Gasteiger partial charge in [0, 0.05) is 18.7 Å². The summed E-state index contributed by atoms with van der Waals surface area (Å²) < 4.78 is 15.1. The highest BCUT2D eigenvalue weighted by molar-refractivity contribution is 7.21. The van der Waals surface area contributed by atoms with Crippen LogP contribution in [-0.2, 0) is 7.05 Å². The maximum absolute atomic E-state index is 13.2. The van der Waals surface area contributed by atoms with Crippen LogP contribution in [0.25, 0.3) is 32.0 Å². The number of anilines is 1. The molecule has 0 bridgehead atoms. The van der Waals surface area contributed by atoms with Crippen molar-refractivity contribution >= 4 is 38.5 Å². The molecule has 5 nitrogen and oxygen atoms in total. The van der Waals surface area contributed by atoms with Crippen LogP contribution in [0.1, 0.15) is 12.8 Å². The van der Waals surface area contributed by atoms with Crippen LogP contribution >= 0.6 is 11.3 Å². The van der Waals surface area contributed by atoms with Crippen molar-refractivity contribution in [2.24, 2.45) is 7.05 Å². The minimum atomic E-state index is -0.247. The summed E-state index contributed by atoms with van der Waals surface area (Å²) in [6, 6.07) is 6.90. The molecule has 5 rings (SSSR count). The molecule has 120 valence electrons. The number of nitrogens with zero attached hydrogens (tertiary/aromatic N) is 4. The molecule has 0 unspecified atom stereocenters. The van der Waals surface area contributed by atoms with E-state index in [9.17, 15) is 4.39 Å². The highest BCUT2D eigenvalue weighted by atomic mass is 32.1. The van der Waals surface area contributed by atoms with Gasteiger partial charge in [-0.05, 0) is 37.1 Å². The number of pyridine rings is 1. The zero-order valence-electron chi connectivity index (χ0n) is 13.0. The van der Waals surface area contributed by atoms with Crippen molar-refractivity contribution in [1.29, 1.82) is 0 Å². The van der Waals surface area contributed by atoms with Crippen molar-refractivity contribution in [3.8, 4) is 10.6 Å². The van der Waals surface area contributed by atoms with Gasteiger partial charge in [0.15, 0.2) is 5.82 Å². The van der Waals surface area contributed by atoms with Gasteiger partial charge >= 0.3 is 0 Å². The summed E-state index contributed by atoms with van der Waals surface area (Å²) >= 11 is 1.52. The Morgan fingerprint density at radius 1 is 1.17 bits per heavy atom. The minimum absolute atomic E-state index is 0.247. The molecular formula is C17H14FN5S. The lowest BCUT2D eigenvalue weighted by Crippen LogP contribution is -2.04. The van der Waals surface area contributed by atoms with Gasteiger partial charge in [-0.3, -0.25) is 0 Å². The third kappa shape index (κ3) is 2.16. The number of imidazole rings is 1. The fourth-order valence-corrected chi connectivity index (χ4v) is 3.77. The summed E-state index contributed by atoms with van der Waals surface area (Å²) in [5.74, 6) is 0.581. The van der Waals surface area contributed by atoms with Gasteiger partial charge in [-0.25, -0.2) is 19.3 Å². The molecule has 7 heteroatoms. The molecule has 1 N–H and O–H groups in total. The van der Waals surface area contributed by atoms with Crippen LogP contribution in [0.15, 0.2) is 30.6 Å². The second-order valence-electron chi connectivity index (χ2n) is 6.11. The normalized spacial score (nSPS) is 14.6. The van der Waals surface area contributed by atoms with E-state index in [-0.39, 0.29) is 5.82 Å². The first-order valence-electron chi connectivity index (χ1n) is 7.83. The molecule has 0 spiro atoms. The lowest BCUT2D eigenvalue weighted by atomic mass is 10.2. The Morgan fingerprint density at radius 3 is 2.71 bits per heavy atom. The number of thiazole rings is 1. The summed E-state index contributed by atoms with van der Waals surface area (Å²) in [4.78, 5) is 14.9. The third-order valence-corrected chi connectivity index (χ3v) is 5.22. The van der Waals surface area contributed by atoms with E-state index in [1.54, 1.807) is 18.5 Å². The molecule has 1 fully saturated rings. The van der Waals surface area contributed by atoms with Gasteiger partial charge in [-0.1, -0.05) is 11.3 Å². The molecule has 24 heavy (non-hydrogen) atoms. The maximum atomic E-state index is 13.2. The third-order valence-electron chi connectivity index (χ3n) is 4.22. The molecule has 1 saturated carbocycles. The monoisotopic (exact) mass is 339 g/mol. The fraction of sp³-hybridized carbons (Fsp3) is 0.235. The summed E-state index contributed by atoms with van der Waals surface area (Å²) in [5.41, 5.74) is 3.57. The van der Waals surface area contributed by atoms with Gasteiger partial charge in [0.2, 0.25) is 0 Å². The van der Waals surface area contributed by atoms with E-state index in [4.69, 9.17) is 9.97 Å². The minimum Gasteiger partial charge on any atom is -0.365 e. The number of aromatic nitrogens is 4. The van der Waals surface area contributed by atoms with E-state index in [2.05, 4.69) is 10.3 Å². The molecular weight excluding hydrogens is 325 g/mol. The average Bonchev–Trinajstić information content (AvgIpc) is 3.15. The van der Waals surface area contributed by atoms with E-state index >= 15 is 0 Å². The van der Waals surface area contributed by atoms with Crippen molar-refractivity contribution in [2.75, 3.05) is 5.32 Å².